The van der Waals surface area contributed by atoms with E-state index in [1.807, 2.05) is 34.6 Å². The molecule has 36 heavy (non-hydrogen) atoms. The monoisotopic (exact) mass is 513 g/mol. The van der Waals surface area contributed by atoms with Crippen LogP contribution in [-0.2, 0) is 16.3 Å². The highest BCUT2D eigenvalue weighted by atomic mass is 32.2. The van der Waals surface area contributed by atoms with Crippen molar-refractivity contribution in [3.05, 3.63) is 77.9 Å². The number of sulfone groups is 1. The lowest BCUT2D eigenvalue weighted by Crippen LogP contribution is -2.54. The van der Waals surface area contributed by atoms with Gasteiger partial charge in [-0.25, -0.2) is 17.2 Å². The van der Waals surface area contributed by atoms with Crippen molar-refractivity contribution in [3.63, 3.8) is 0 Å². The van der Waals surface area contributed by atoms with E-state index in [1.54, 1.807) is 24.8 Å². The molecule has 3 heterocycles. The number of nitrogens with one attached hydrogen (secondary N) is 1. The highest BCUT2D eigenvalue weighted by Gasteiger charge is 2.57. The van der Waals surface area contributed by atoms with Crippen LogP contribution >= 0.6 is 0 Å². The van der Waals surface area contributed by atoms with Gasteiger partial charge >= 0.3 is 0 Å². The van der Waals surface area contributed by atoms with Crippen LogP contribution in [0.5, 0.6) is 0 Å². The SMILES string of the molecule is CC[C@@H]1NC[C@@H](c2ccccc2)S(=O)(=O)C1Cc1cc(F)c(N2C[C@@H]3C(n4cnnc4)[C@@H]3C2)cc1F. The maximum atomic E-state index is 15.3. The smallest absolute Gasteiger partial charge is 0.163 e. The molecule has 3 aliphatic rings. The van der Waals surface area contributed by atoms with Crippen molar-refractivity contribution >= 4 is 15.5 Å². The predicted octanol–water partition coefficient (Wildman–Crippen LogP) is 3.31. The molecule has 1 aliphatic carbocycles. The van der Waals surface area contributed by atoms with Crippen molar-refractivity contribution < 1.29 is 17.2 Å². The lowest BCUT2D eigenvalue weighted by atomic mass is 10.0. The van der Waals surface area contributed by atoms with E-state index in [-0.39, 0.29) is 23.7 Å². The van der Waals surface area contributed by atoms with E-state index in [4.69, 9.17) is 0 Å². The first-order valence-corrected chi connectivity index (χ1v) is 14.1. The summed E-state index contributed by atoms with van der Waals surface area (Å²) in [5.41, 5.74) is 1.05. The van der Waals surface area contributed by atoms with Gasteiger partial charge in [0.1, 0.15) is 24.3 Å². The number of benzene rings is 2. The van der Waals surface area contributed by atoms with Crippen molar-refractivity contribution in [3.8, 4) is 0 Å². The Hall–Kier alpha value is -2.85. The van der Waals surface area contributed by atoms with Crippen LogP contribution in [0.3, 0.4) is 0 Å². The van der Waals surface area contributed by atoms with Gasteiger partial charge in [0.05, 0.1) is 16.2 Å². The molecule has 2 unspecified atom stereocenters. The predicted molar refractivity (Wildman–Crippen MR) is 132 cm³/mol. The van der Waals surface area contributed by atoms with Gasteiger partial charge in [0.25, 0.3) is 0 Å². The topological polar surface area (TPSA) is 80.1 Å². The first-order valence-electron chi connectivity index (χ1n) is 12.5. The van der Waals surface area contributed by atoms with Crippen LogP contribution in [0.4, 0.5) is 14.5 Å². The number of fused-ring (bicyclic) bond motifs is 1. The Morgan fingerprint density at radius 1 is 1.03 bits per heavy atom. The quantitative estimate of drug-likeness (QED) is 0.545. The Labute approximate surface area is 209 Å². The molecule has 7 nitrogen and oxygen atoms in total. The standard InChI is InChI=1S/C26H29F2N5O2S/c1-2-22-24(36(34,35)25(11-29-22)16-6-4-3-5-7-16)9-17-8-21(28)23(10-20(17)27)32-12-18-19(13-32)26(18)33-14-30-31-15-33/h3-8,10,14-15,18-19,22,24-26,29H,2,9,11-13H2,1H3/t18-,19+,22-,24?,25-,26?/m0/s1. The van der Waals surface area contributed by atoms with Crippen molar-refractivity contribution in [2.24, 2.45) is 11.8 Å². The van der Waals surface area contributed by atoms with Gasteiger partial charge in [-0.05, 0) is 30.0 Å². The number of halogens is 2. The summed E-state index contributed by atoms with van der Waals surface area (Å²) in [6.07, 6.45) is 3.91. The number of piperidine rings is 1. The number of aromatic nitrogens is 3. The zero-order chi connectivity index (χ0) is 25.0. The van der Waals surface area contributed by atoms with Crippen LogP contribution in [0.1, 0.15) is 35.8 Å². The molecule has 1 saturated carbocycles. The van der Waals surface area contributed by atoms with Gasteiger partial charge in [0, 0.05) is 49.6 Å². The molecule has 3 fully saturated rings. The minimum atomic E-state index is -3.64. The highest BCUT2D eigenvalue weighted by molar-refractivity contribution is 7.92. The van der Waals surface area contributed by atoms with Crippen molar-refractivity contribution in [2.45, 2.75) is 42.3 Å². The van der Waals surface area contributed by atoms with E-state index >= 15 is 8.78 Å². The second kappa shape index (κ2) is 8.92. The molecule has 10 heteroatoms. The molecular weight excluding hydrogens is 484 g/mol. The molecular formula is C26H29F2N5O2S. The maximum absolute atomic E-state index is 15.3. The van der Waals surface area contributed by atoms with E-state index < -0.39 is 32.0 Å². The molecule has 0 amide bonds. The van der Waals surface area contributed by atoms with Gasteiger partial charge in [-0.15, -0.1) is 10.2 Å². The Morgan fingerprint density at radius 3 is 2.39 bits per heavy atom. The normalized spacial score (nSPS) is 30.8. The summed E-state index contributed by atoms with van der Waals surface area (Å²) >= 11 is 0. The van der Waals surface area contributed by atoms with Gasteiger partial charge in [-0.2, -0.15) is 0 Å². The largest absolute Gasteiger partial charge is 0.368 e. The Kier molecular flexibility index (Phi) is 5.83. The third-order valence-electron chi connectivity index (χ3n) is 8.25. The maximum Gasteiger partial charge on any atom is 0.163 e. The summed E-state index contributed by atoms with van der Waals surface area (Å²) < 4.78 is 59.9. The minimum absolute atomic E-state index is 0.0683. The molecule has 2 aromatic carbocycles. The molecule has 2 saturated heterocycles. The van der Waals surface area contributed by atoms with E-state index in [0.29, 0.717) is 49.5 Å². The molecule has 0 spiro atoms. The first-order chi connectivity index (χ1) is 17.4. The zero-order valence-corrected chi connectivity index (χ0v) is 20.8. The molecule has 190 valence electrons. The van der Waals surface area contributed by atoms with Gasteiger partial charge in [0.15, 0.2) is 9.84 Å². The second-order valence-corrected chi connectivity index (χ2v) is 12.5. The fraction of sp³-hybridized carbons (Fsp3) is 0.462. The highest BCUT2D eigenvalue weighted by Crippen LogP contribution is 2.56. The number of hydrogen-bond donors (Lipinski definition) is 1. The van der Waals surface area contributed by atoms with Crippen LogP contribution in [0.15, 0.2) is 55.1 Å². The third kappa shape index (κ3) is 3.91. The average molecular weight is 514 g/mol. The minimum Gasteiger partial charge on any atom is -0.368 e. The Morgan fingerprint density at radius 2 is 1.72 bits per heavy atom. The van der Waals surface area contributed by atoms with Crippen molar-refractivity contribution in [1.82, 2.24) is 20.1 Å². The molecule has 1 aromatic heterocycles. The van der Waals surface area contributed by atoms with Gasteiger partial charge in [0.2, 0.25) is 0 Å². The van der Waals surface area contributed by atoms with E-state index in [9.17, 15) is 8.42 Å². The fourth-order valence-electron chi connectivity index (χ4n) is 6.28. The summed E-state index contributed by atoms with van der Waals surface area (Å²) in [5.74, 6) is -0.347. The molecule has 0 bridgehead atoms. The van der Waals surface area contributed by atoms with Crippen molar-refractivity contribution in [2.75, 3.05) is 24.5 Å². The van der Waals surface area contributed by atoms with Gasteiger partial charge < -0.3 is 14.8 Å². The van der Waals surface area contributed by atoms with Crippen LogP contribution in [0.25, 0.3) is 0 Å². The molecule has 0 radical (unpaired) electrons. The van der Waals surface area contributed by atoms with E-state index in [0.717, 1.165) is 0 Å². The lowest BCUT2D eigenvalue weighted by molar-refractivity contribution is 0.418. The van der Waals surface area contributed by atoms with Crippen LogP contribution in [0.2, 0.25) is 0 Å². The molecule has 2 aliphatic heterocycles. The second-order valence-electron chi connectivity index (χ2n) is 10.2. The van der Waals surface area contributed by atoms with E-state index in [2.05, 4.69) is 15.5 Å². The average Bonchev–Trinajstić information content (AvgIpc) is 3.24. The number of rotatable bonds is 6. The Bertz CT molecular complexity index is 1340. The molecule has 6 rings (SSSR count). The third-order valence-corrected chi connectivity index (χ3v) is 10.8. The molecule has 1 N–H and O–H groups in total. The zero-order valence-electron chi connectivity index (χ0n) is 20.0. The van der Waals surface area contributed by atoms with E-state index in [1.165, 1.54) is 12.1 Å². The summed E-state index contributed by atoms with van der Waals surface area (Å²) in [6.45, 7) is 3.50. The summed E-state index contributed by atoms with van der Waals surface area (Å²) in [4.78, 5) is 1.89. The number of nitrogens with zero attached hydrogens (tertiary/aromatic N) is 4. The van der Waals surface area contributed by atoms with Gasteiger partial charge in [-0.1, -0.05) is 37.3 Å². The van der Waals surface area contributed by atoms with Crippen LogP contribution in [0, 0.1) is 23.5 Å². The Balaban J connectivity index is 1.22. The van der Waals surface area contributed by atoms with Gasteiger partial charge in [-0.3, -0.25) is 0 Å². The summed E-state index contributed by atoms with van der Waals surface area (Å²) in [7, 11) is -3.64. The summed E-state index contributed by atoms with van der Waals surface area (Å²) in [5, 5.41) is 9.50. The summed E-state index contributed by atoms with van der Waals surface area (Å²) in [6, 6.07) is 11.5. The first kappa shape index (κ1) is 23.5. The van der Waals surface area contributed by atoms with Crippen molar-refractivity contribution in [1.29, 1.82) is 0 Å². The number of hydrogen-bond acceptors (Lipinski definition) is 6. The molecule has 6 atom stereocenters. The lowest BCUT2D eigenvalue weighted by Gasteiger charge is -2.37. The molecule has 3 aromatic rings. The fourth-order valence-corrected chi connectivity index (χ4v) is 8.72. The van der Waals surface area contributed by atoms with Crippen LogP contribution < -0.4 is 10.2 Å². The van der Waals surface area contributed by atoms with Crippen LogP contribution in [-0.4, -0.2) is 54.1 Å². The number of anilines is 1.